The zero-order valence-electron chi connectivity index (χ0n) is 9.02. The fraction of sp³-hybridized carbons (Fsp3) is 0.417. The Morgan fingerprint density at radius 2 is 1.94 bits per heavy atom. The first-order chi connectivity index (χ1) is 7.66. The summed E-state index contributed by atoms with van der Waals surface area (Å²) in [4.78, 5) is 13.9. The first-order valence-electron chi connectivity index (χ1n) is 5.44. The number of Topliss-reactive ketones (excluding diaryl/α,β-unsaturated/α-hetero) is 1. The van der Waals surface area contributed by atoms with Crippen molar-refractivity contribution in [1.29, 1.82) is 0 Å². The van der Waals surface area contributed by atoms with Crippen molar-refractivity contribution in [1.82, 2.24) is 4.90 Å². The van der Waals surface area contributed by atoms with Gasteiger partial charge in [-0.25, -0.2) is 0 Å². The Hall–Kier alpha value is -1.55. The third-order valence-corrected chi connectivity index (χ3v) is 2.85. The summed E-state index contributed by atoms with van der Waals surface area (Å²) < 4.78 is 0. The van der Waals surface area contributed by atoms with Crippen LogP contribution >= 0.6 is 0 Å². The fourth-order valence-electron chi connectivity index (χ4n) is 1.98. The number of rotatable bonds is 3. The lowest BCUT2D eigenvalue weighted by molar-refractivity contribution is 0.0942. The summed E-state index contributed by atoms with van der Waals surface area (Å²) in [6.07, 6.45) is 2.27. The molecular weight excluding hydrogens is 206 g/mol. The molecule has 0 saturated carbocycles. The summed E-state index contributed by atoms with van der Waals surface area (Å²) in [7, 11) is 0. The molecule has 1 heterocycles. The van der Waals surface area contributed by atoms with Gasteiger partial charge in [-0.1, -0.05) is 0 Å². The van der Waals surface area contributed by atoms with Gasteiger partial charge in [-0.15, -0.1) is 0 Å². The molecule has 1 aliphatic heterocycles. The molecule has 0 aromatic heterocycles. The van der Waals surface area contributed by atoms with Crippen LogP contribution < -0.4 is 0 Å². The lowest BCUT2D eigenvalue weighted by Gasteiger charge is -2.13. The summed E-state index contributed by atoms with van der Waals surface area (Å²) in [5.41, 5.74) is 0.282. The second kappa shape index (κ2) is 4.53. The van der Waals surface area contributed by atoms with Crippen LogP contribution in [0.1, 0.15) is 23.2 Å². The molecule has 2 rings (SSSR count). The van der Waals surface area contributed by atoms with Crippen LogP contribution in [0.2, 0.25) is 0 Å². The Balaban J connectivity index is 2.08. The maximum absolute atomic E-state index is 11.8. The molecule has 86 valence electrons. The molecule has 2 N–H and O–H groups in total. The SMILES string of the molecule is O=C(CN1CCCC1)c1ccc(O)cc1O. The van der Waals surface area contributed by atoms with Crippen molar-refractivity contribution >= 4 is 5.78 Å². The van der Waals surface area contributed by atoms with E-state index in [-0.39, 0.29) is 22.8 Å². The van der Waals surface area contributed by atoms with Crippen LogP contribution in [0.15, 0.2) is 18.2 Å². The standard InChI is InChI=1S/C12H15NO3/c14-9-3-4-10(11(15)7-9)12(16)8-13-5-1-2-6-13/h3-4,7,14-15H,1-2,5-6,8H2. The van der Waals surface area contributed by atoms with Crippen LogP contribution in [0, 0.1) is 0 Å². The molecule has 1 aromatic rings. The maximum atomic E-state index is 11.8. The highest BCUT2D eigenvalue weighted by Crippen LogP contribution is 2.23. The summed E-state index contributed by atoms with van der Waals surface area (Å²) in [5.74, 6) is -0.279. The second-order valence-electron chi connectivity index (χ2n) is 4.11. The first-order valence-corrected chi connectivity index (χ1v) is 5.44. The molecule has 4 nitrogen and oxygen atoms in total. The van der Waals surface area contributed by atoms with Crippen LogP contribution in [0.25, 0.3) is 0 Å². The predicted molar refractivity (Wildman–Crippen MR) is 59.8 cm³/mol. The van der Waals surface area contributed by atoms with Gasteiger partial charge in [0, 0.05) is 6.07 Å². The van der Waals surface area contributed by atoms with E-state index in [0.717, 1.165) is 25.9 Å². The van der Waals surface area contributed by atoms with E-state index in [4.69, 9.17) is 5.11 Å². The monoisotopic (exact) mass is 221 g/mol. The summed E-state index contributed by atoms with van der Waals surface area (Å²) in [5, 5.41) is 18.7. The Kier molecular flexibility index (Phi) is 3.10. The molecule has 0 unspecified atom stereocenters. The molecule has 1 fully saturated rings. The molecule has 0 spiro atoms. The number of benzene rings is 1. The molecule has 1 saturated heterocycles. The number of phenolic OH excluding ortho intramolecular Hbond substituents is 2. The van der Waals surface area contributed by atoms with E-state index < -0.39 is 0 Å². The fourth-order valence-corrected chi connectivity index (χ4v) is 1.98. The van der Waals surface area contributed by atoms with Crippen LogP contribution in [-0.2, 0) is 0 Å². The number of phenols is 2. The second-order valence-corrected chi connectivity index (χ2v) is 4.11. The zero-order chi connectivity index (χ0) is 11.5. The summed E-state index contributed by atoms with van der Waals surface area (Å²) >= 11 is 0. The molecule has 0 aliphatic carbocycles. The van der Waals surface area contributed by atoms with Gasteiger partial charge in [0.1, 0.15) is 11.5 Å². The van der Waals surface area contributed by atoms with Gasteiger partial charge in [0.25, 0.3) is 0 Å². The highest BCUT2D eigenvalue weighted by atomic mass is 16.3. The highest BCUT2D eigenvalue weighted by Gasteiger charge is 2.18. The van der Waals surface area contributed by atoms with E-state index in [2.05, 4.69) is 4.90 Å². The number of ketones is 1. The molecule has 0 atom stereocenters. The van der Waals surface area contributed by atoms with Crippen LogP contribution in [0.3, 0.4) is 0 Å². The van der Waals surface area contributed by atoms with E-state index in [9.17, 15) is 9.90 Å². The lowest BCUT2D eigenvalue weighted by atomic mass is 10.1. The minimum absolute atomic E-state index is 0.0322. The Morgan fingerprint density at radius 3 is 2.56 bits per heavy atom. The molecule has 0 radical (unpaired) electrons. The average Bonchev–Trinajstić information content (AvgIpc) is 2.70. The highest BCUT2D eigenvalue weighted by molar-refractivity contribution is 6.00. The van der Waals surface area contributed by atoms with Crippen LogP contribution in [0.4, 0.5) is 0 Å². The zero-order valence-corrected chi connectivity index (χ0v) is 9.02. The molecule has 4 heteroatoms. The Morgan fingerprint density at radius 1 is 1.25 bits per heavy atom. The van der Waals surface area contributed by atoms with Crippen molar-refractivity contribution in [3.63, 3.8) is 0 Å². The predicted octanol–water partition coefficient (Wildman–Crippen LogP) is 1.38. The van der Waals surface area contributed by atoms with Gasteiger partial charge in [-0.3, -0.25) is 9.69 Å². The Bertz CT molecular complexity index is 397. The van der Waals surface area contributed by atoms with Gasteiger partial charge in [-0.2, -0.15) is 0 Å². The van der Waals surface area contributed by atoms with E-state index in [0.29, 0.717) is 6.54 Å². The molecule has 16 heavy (non-hydrogen) atoms. The number of hydrogen-bond donors (Lipinski definition) is 2. The quantitative estimate of drug-likeness (QED) is 0.757. The van der Waals surface area contributed by atoms with Crippen LogP contribution in [0.5, 0.6) is 11.5 Å². The minimum Gasteiger partial charge on any atom is -0.508 e. The van der Waals surface area contributed by atoms with Gasteiger partial charge in [0.2, 0.25) is 0 Å². The third kappa shape index (κ3) is 2.33. The number of aromatic hydroxyl groups is 2. The largest absolute Gasteiger partial charge is 0.508 e. The van der Waals surface area contributed by atoms with Gasteiger partial charge in [0.05, 0.1) is 12.1 Å². The third-order valence-electron chi connectivity index (χ3n) is 2.85. The van der Waals surface area contributed by atoms with E-state index >= 15 is 0 Å². The van der Waals surface area contributed by atoms with Crippen molar-refractivity contribution in [2.24, 2.45) is 0 Å². The number of carbonyl (C=O) groups is 1. The summed E-state index contributed by atoms with van der Waals surface area (Å²) in [6.45, 7) is 2.24. The smallest absolute Gasteiger partial charge is 0.180 e. The van der Waals surface area contributed by atoms with Crippen molar-refractivity contribution < 1.29 is 15.0 Å². The van der Waals surface area contributed by atoms with Crippen molar-refractivity contribution in [2.45, 2.75) is 12.8 Å². The maximum Gasteiger partial charge on any atom is 0.180 e. The topological polar surface area (TPSA) is 60.8 Å². The molecule has 0 amide bonds. The summed E-state index contributed by atoms with van der Waals surface area (Å²) in [6, 6.07) is 4.07. The van der Waals surface area contributed by atoms with E-state index in [1.807, 2.05) is 0 Å². The Labute approximate surface area is 94.1 Å². The van der Waals surface area contributed by atoms with Crippen LogP contribution in [-0.4, -0.2) is 40.5 Å². The number of likely N-dealkylation sites (tertiary alicyclic amines) is 1. The number of carbonyl (C=O) groups excluding carboxylic acids is 1. The normalized spacial score (nSPS) is 16.5. The number of nitrogens with zero attached hydrogens (tertiary/aromatic N) is 1. The van der Waals surface area contributed by atoms with Crippen molar-refractivity contribution in [3.8, 4) is 11.5 Å². The van der Waals surface area contributed by atoms with E-state index in [1.54, 1.807) is 0 Å². The van der Waals surface area contributed by atoms with Gasteiger partial charge in [-0.05, 0) is 38.1 Å². The van der Waals surface area contributed by atoms with Crippen molar-refractivity contribution in [3.05, 3.63) is 23.8 Å². The van der Waals surface area contributed by atoms with Crippen molar-refractivity contribution in [2.75, 3.05) is 19.6 Å². The lowest BCUT2D eigenvalue weighted by Crippen LogP contribution is -2.26. The van der Waals surface area contributed by atoms with Gasteiger partial charge < -0.3 is 10.2 Å². The first kappa shape index (κ1) is 11.0. The molecule has 1 aliphatic rings. The van der Waals surface area contributed by atoms with Gasteiger partial charge >= 0.3 is 0 Å². The number of hydrogen-bond acceptors (Lipinski definition) is 4. The molecule has 0 bridgehead atoms. The van der Waals surface area contributed by atoms with Gasteiger partial charge in [0.15, 0.2) is 5.78 Å². The van der Waals surface area contributed by atoms with E-state index in [1.165, 1.54) is 18.2 Å². The minimum atomic E-state index is -0.149. The molecular formula is C12H15NO3. The average molecular weight is 221 g/mol. The molecule has 1 aromatic carbocycles.